The molecule has 0 spiro atoms. The lowest BCUT2D eigenvalue weighted by molar-refractivity contribution is -0.137. The maximum Gasteiger partial charge on any atom is 0.418 e. The molecule has 0 aliphatic carbocycles. The summed E-state index contributed by atoms with van der Waals surface area (Å²) in [6.45, 7) is 0.0305. The molecule has 3 aromatic rings. The van der Waals surface area contributed by atoms with Crippen molar-refractivity contribution in [3.05, 3.63) is 69.2 Å². The Morgan fingerprint density at radius 2 is 1.93 bits per heavy atom. The van der Waals surface area contributed by atoms with E-state index in [1.807, 2.05) is 0 Å². The van der Waals surface area contributed by atoms with E-state index in [1.165, 1.54) is 29.1 Å². The van der Waals surface area contributed by atoms with Crippen molar-refractivity contribution in [2.75, 3.05) is 5.43 Å². The van der Waals surface area contributed by atoms with Gasteiger partial charge in [-0.25, -0.2) is 4.98 Å². The topological polar surface area (TPSA) is 76.0 Å². The third-order valence-corrected chi connectivity index (χ3v) is 4.43. The molecule has 0 radical (unpaired) electrons. The number of carbonyl (C=O) groups excluding carboxylic acids is 1. The van der Waals surface area contributed by atoms with E-state index in [2.05, 4.69) is 31.8 Å². The fraction of sp³-hybridized carbons (Fsp3) is 0.167. The van der Waals surface area contributed by atoms with E-state index in [0.717, 1.165) is 10.5 Å². The van der Waals surface area contributed by atoms with Gasteiger partial charge in [-0.05, 0) is 30.3 Å². The van der Waals surface area contributed by atoms with Crippen LogP contribution in [0.4, 0.5) is 18.9 Å². The zero-order chi connectivity index (χ0) is 20.3. The number of hydrogen-bond donors (Lipinski definition) is 2. The smallest absolute Gasteiger partial charge is 0.298 e. The summed E-state index contributed by atoms with van der Waals surface area (Å²) in [5.41, 5.74) is 3.55. The van der Waals surface area contributed by atoms with Crippen LogP contribution in [-0.2, 0) is 17.5 Å². The third kappa shape index (κ3) is 4.50. The van der Waals surface area contributed by atoms with Crippen LogP contribution in [0.1, 0.15) is 12.0 Å². The highest BCUT2D eigenvalue weighted by molar-refractivity contribution is 9.10. The van der Waals surface area contributed by atoms with Crippen molar-refractivity contribution in [3.63, 3.8) is 0 Å². The van der Waals surface area contributed by atoms with Crippen molar-refractivity contribution in [2.45, 2.75) is 19.1 Å². The molecule has 0 aliphatic rings. The van der Waals surface area contributed by atoms with E-state index in [0.29, 0.717) is 10.9 Å². The van der Waals surface area contributed by atoms with Gasteiger partial charge < -0.3 is 0 Å². The SMILES string of the molecule is O=C(CCn1cnc2ccc(Br)cc2c1=O)NNc1ccccc1C(F)(F)F. The fourth-order valence-electron chi connectivity index (χ4n) is 2.55. The molecule has 2 aromatic carbocycles. The third-order valence-electron chi connectivity index (χ3n) is 3.93. The number of para-hydroxylation sites is 1. The number of alkyl halides is 3. The first-order valence-corrected chi connectivity index (χ1v) is 8.91. The minimum atomic E-state index is -4.55. The first kappa shape index (κ1) is 19.9. The second-order valence-electron chi connectivity index (χ2n) is 5.87. The number of benzene rings is 2. The number of anilines is 1. The molecule has 1 aromatic heterocycles. The number of aryl methyl sites for hydroxylation is 1. The Labute approximate surface area is 165 Å². The van der Waals surface area contributed by atoms with Crippen molar-refractivity contribution in [3.8, 4) is 0 Å². The highest BCUT2D eigenvalue weighted by Gasteiger charge is 2.33. The largest absolute Gasteiger partial charge is 0.418 e. The molecule has 0 unspecified atom stereocenters. The summed E-state index contributed by atoms with van der Waals surface area (Å²) in [6, 6.07) is 9.88. The average molecular weight is 455 g/mol. The maximum absolute atomic E-state index is 12.9. The van der Waals surface area contributed by atoms with Gasteiger partial charge in [0.2, 0.25) is 5.91 Å². The summed E-state index contributed by atoms with van der Waals surface area (Å²) in [5, 5.41) is 0.398. The van der Waals surface area contributed by atoms with Gasteiger partial charge in [-0.2, -0.15) is 13.2 Å². The molecule has 0 aliphatic heterocycles. The number of amides is 1. The second kappa shape index (κ2) is 8.01. The van der Waals surface area contributed by atoms with Crippen LogP contribution >= 0.6 is 15.9 Å². The van der Waals surface area contributed by atoms with Crippen LogP contribution in [0, 0.1) is 0 Å². The van der Waals surface area contributed by atoms with Crippen molar-refractivity contribution in [1.82, 2.24) is 15.0 Å². The number of nitrogens with one attached hydrogen (secondary N) is 2. The molecule has 146 valence electrons. The lowest BCUT2D eigenvalue weighted by Crippen LogP contribution is -2.32. The highest BCUT2D eigenvalue weighted by Crippen LogP contribution is 2.34. The highest BCUT2D eigenvalue weighted by atomic mass is 79.9. The zero-order valence-electron chi connectivity index (χ0n) is 14.3. The number of hydrogen-bond acceptors (Lipinski definition) is 4. The first-order chi connectivity index (χ1) is 13.3. The first-order valence-electron chi connectivity index (χ1n) is 8.11. The molecular formula is C18H14BrF3N4O2. The number of rotatable bonds is 5. The number of carbonyl (C=O) groups is 1. The Bertz CT molecular complexity index is 1080. The van der Waals surface area contributed by atoms with Gasteiger partial charge in [0.05, 0.1) is 28.5 Å². The molecule has 2 N–H and O–H groups in total. The fourth-order valence-corrected chi connectivity index (χ4v) is 2.91. The van der Waals surface area contributed by atoms with Gasteiger partial charge in [-0.1, -0.05) is 28.1 Å². The predicted molar refractivity (Wildman–Crippen MR) is 102 cm³/mol. The van der Waals surface area contributed by atoms with Gasteiger partial charge >= 0.3 is 6.18 Å². The summed E-state index contributed by atoms with van der Waals surface area (Å²) in [4.78, 5) is 28.6. The Morgan fingerprint density at radius 1 is 1.18 bits per heavy atom. The predicted octanol–water partition coefficient (Wildman–Crippen LogP) is 3.71. The summed E-state index contributed by atoms with van der Waals surface area (Å²) in [6.07, 6.45) is -3.34. The molecule has 3 rings (SSSR count). The van der Waals surface area contributed by atoms with Crippen molar-refractivity contribution >= 4 is 38.4 Å². The van der Waals surface area contributed by atoms with Crippen molar-refractivity contribution < 1.29 is 18.0 Å². The normalized spacial score (nSPS) is 11.4. The standard InChI is InChI=1S/C18H14BrF3N4O2/c19-11-5-6-14-12(9-11)17(28)26(10-23-14)8-7-16(27)25-24-15-4-2-1-3-13(15)18(20,21)22/h1-6,9-10,24H,7-8H2,(H,25,27). The lowest BCUT2D eigenvalue weighted by Gasteiger charge is -2.15. The van der Waals surface area contributed by atoms with Crippen LogP contribution in [0.5, 0.6) is 0 Å². The molecule has 0 bridgehead atoms. The van der Waals surface area contributed by atoms with Crippen LogP contribution < -0.4 is 16.4 Å². The number of fused-ring (bicyclic) bond motifs is 1. The molecule has 1 amide bonds. The van der Waals surface area contributed by atoms with E-state index in [9.17, 15) is 22.8 Å². The van der Waals surface area contributed by atoms with E-state index in [1.54, 1.807) is 18.2 Å². The summed E-state index contributed by atoms with van der Waals surface area (Å²) < 4.78 is 40.8. The monoisotopic (exact) mass is 454 g/mol. The van der Waals surface area contributed by atoms with E-state index >= 15 is 0 Å². The second-order valence-corrected chi connectivity index (χ2v) is 6.79. The van der Waals surface area contributed by atoms with Crippen LogP contribution in [-0.4, -0.2) is 15.5 Å². The molecule has 10 heteroatoms. The van der Waals surface area contributed by atoms with Crippen molar-refractivity contribution in [1.29, 1.82) is 0 Å². The quantitative estimate of drug-likeness (QED) is 0.576. The van der Waals surface area contributed by atoms with E-state index < -0.39 is 17.6 Å². The molecule has 1 heterocycles. The van der Waals surface area contributed by atoms with Gasteiger partial charge in [-0.3, -0.25) is 25.0 Å². The molecule has 0 saturated carbocycles. The van der Waals surface area contributed by atoms with Crippen LogP contribution in [0.3, 0.4) is 0 Å². The van der Waals surface area contributed by atoms with Crippen molar-refractivity contribution in [2.24, 2.45) is 0 Å². The molecule has 0 fully saturated rings. The van der Waals surface area contributed by atoms with E-state index in [4.69, 9.17) is 0 Å². The lowest BCUT2D eigenvalue weighted by atomic mass is 10.2. The summed E-state index contributed by atoms with van der Waals surface area (Å²) >= 11 is 3.29. The molecule has 28 heavy (non-hydrogen) atoms. The minimum Gasteiger partial charge on any atom is -0.298 e. The average Bonchev–Trinajstić information content (AvgIpc) is 2.66. The van der Waals surface area contributed by atoms with Gasteiger partial charge in [0, 0.05) is 17.4 Å². The molecule has 6 nitrogen and oxygen atoms in total. The van der Waals surface area contributed by atoms with Gasteiger partial charge in [0.15, 0.2) is 0 Å². The number of aromatic nitrogens is 2. The Hall–Kier alpha value is -2.88. The number of hydrazine groups is 1. The number of nitrogens with zero attached hydrogens (tertiary/aromatic N) is 2. The van der Waals surface area contributed by atoms with Gasteiger partial charge in [0.1, 0.15) is 0 Å². The van der Waals surface area contributed by atoms with Crippen LogP contribution in [0.15, 0.2) is 58.1 Å². The Balaban J connectivity index is 1.65. The molecular weight excluding hydrogens is 441 g/mol. The van der Waals surface area contributed by atoms with Crippen LogP contribution in [0.25, 0.3) is 10.9 Å². The summed E-state index contributed by atoms with van der Waals surface area (Å²) in [7, 11) is 0. The Morgan fingerprint density at radius 3 is 2.68 bits per heavy atom. The Kier molecular flexibility index (Phi) is 5.68. The zero-order valence-corrected chi connectivity index (χ0v) is 15.8. The van der Waals surface area contributed by atoms with Crippen LogP contribution in [0.2, 0.25) is 0 Å². The summed E-state index contributed by atoms with van der Waals surface area (Å²) in [5.74, 6) is -0.571. The molecule has 0 atom stereocenters. The van der Waals surface area contributed by atoms with Gasteiger partial charge in [0.25, 0.3) is 5.56 Å². The molecule has 0 saturated heterocycles. The van der Waals surface area contributed by atoms with E-state index in [-0.39, 0.29) is 24.2 Å². The maximum atomic E-state index is 12.9. The van der Waals surface area contributed by atoms with Gasteiger partial charge in [-0.15, -0.1) is 0 Å². The minimum absolute atomic E-state index is 0.0305. The number of halogens is 4.